The molecule has 0 radical (unpaired) electrons. The van der Waals surface area contributed by atoms with E-state index in [2.05, 4.69) is 15.5 Å². The lowest BCUT2D eigenvalue weighted by Crippen LogP contribution is -2.11. The van der Waals surface area contributed by atoms with Crippen LogP contribution < -0.4 is 0 Å². The van der Waals surface area contributed by atoms with Gasteiger partial charge in [0.2, 0.25) is 6.23 Å². The Morgan fingerprint density at radius 3 is 3.25 bits per heavy atom. The molecule has 1 aliphatic heterocycles. The highest BCUT2D eigenvalue weighted by molar-refractivity contribution is 5.86. The van der Waals surface area contributed by atoms with Gasteiger partial charge in [-0.05, 0) is 0 Å². The first-order valence-electron chi connectivity index (χ1n) is 3.58. The lowest BCUT2D eigenvalue weighted by molar-refractivity contribution is 0.0217. The van der Waals surface area contributed by atoms with Gasteiger partial charge in [0.05, 0.1) is 24.9 Å². The Hall–Kier alpha value is -1.43. The topological polar surface area (TPSA) is 72.5 Å². The molecule has 12 heavy (non-hydrogen) atoms. The van der Waals surface area contributed by atoms with Crippen molar-refractivity contribution in [2.75, 3.05) is 6.61 Å². The molecule has 0 fully saturated rings. The fraction of sp³-hybridized carbons (Fsp3) is 0.500. The van der Waals surface area contributed by atoms with Crippen molar-refractivity contribution < 1.29 is 9.94 Å². The third-order valence-corrected chi connectivity index (χ3v) is 1.63. The van der Waals surface area contributed by atoms with Crippen LogP contribution in [0.1, 0.15) is 12.6 Å². The molecule has 64 valence electrons. The highest BCUT2D eigenvalue weighted by Crippen LogP contribution is 2.19. The number of hydrogen-bond donors (Lipinski definition) is 1. The Morgan fingerprint density at radius 1 is 1.75 bits per heavy atom. The van der Waals surface area contributed by atoms with Crippen molar-refractivity contribution in [2.45, 2.75) is 12.6 Å². The van der Waals surface area contributed by atoms with Crippen LogP contribution in [0.4, 0.5) is 0 Å². The molecule has 0 amide bonds. The maximum atomic E-state index is 8.73. The van der Waals surface area contributed by atoms with E-state index in [0.717, 1.165) is 0 Å². The molecule has 6 nitrogen and oxygen atoms in total. The number of aliphatic hydroxyl groups is 1. The summed E-state index contributed by atoms with van der Waals surface area (Å²) in [5, 5.41) is 19.8. The summed E-state index contributed by atoms with van der Waals surface area (Å²) < 4.78 is 1.56. The van der Waals surface area contributed by atoms with E-state index in [9.17, 15) is 0 Å². The summed E-state index contributed by atoms with van der Waals surface area (Å²) in [4.78, 5) is 4.99. The first-order valence-corrected chi connectivity index (χ1v) is 3.58. The number of nitrogens with zero attached hydrogens (tertiary/aromatic N) is 4. The number of hydrogen-bond acceptors (Lipinski definition) is 5. The molecule has 0 spiro atoms. The van der Waals surface area contributed by atoms with Crippen molar-refractivity contribution in [2.24, 2.45) is 5.16 Å². The van der Waals surface area contributed by atoms with Gasteiger partial charge in [-0.15, -0.1) is 5.10 Å². The van der Waals surface area contributed by atoms with Crippen molar-refractivity contribution >= 4 is 5.71 Å². The van der Waals surface area contributed by atoms with Gasteiger partial charge in [0.1, 0.15) is 0 Å². The van der Waals surface area contributed by atoms with E-state index >= 15 is 0 Å². The molecule has 1 atom stereocenters. The largest absolute Gasteiger partial charge is 0.390 e. The molecule has 1 aliphatic rings. The first kappa shape index (κ1) is 7.23. The smallest absolute Gasteiger partial charge is 0.225 e. The molecule has 2 heterocycles. The maximum absolute atomic E-state index is 8.73. The van der Waals surface area contributed by atoms with Crippen LogP contribution in [0.2, 0.25) is 0 Å². The van der Waals surface area contributed by atoms with E-state index in [1.54, 1.807) is 17.1 Å². The second-order valence-corrected chi connectivity index (χ2v) is 2.46. The van der Waals surface area contributed by atoms with Crippen LogP contribution in [0.25, 0.3) is 0 Å². The third-order valence-electron chi connectivity index (χ3n) is 1.63. The zero-order valence-electron chi connectivity index (χ0n) is 6.29. The highest BCUT2D eigenvalue weighted by Gasteiger charge is 2.21. The molecule has 2 rings (SSSR count). The van der Waals surface area contributed by atoms with E-state index in [4.69, 9.17) is 9.94 Å². The average Bonchev–Trinajstić information content (AvgIpc) is 2.75. The van der Waals surface area contributed by atoms with Crippen LogP contribution in [-0.4, -0.2) is 32.4 Å². The van der Waals surface area contributed by atoms with E-state index in [0.29, 0.717) is 12.1 Å². The molecule has 1 aromatic heterocycles. The molecule has 1 aromatic rings. The number of rotatable bonds is 2. The summed E-state index contributed by atoms with van der Waals surface area (Å²) in [5.74, 6) is 0. The fourth-order valence-corrected chi connectivity index (χ4v) is 1.02. The van der Waals surface area contributed by atoms with Crippen LogP contribution in [0.15, 0.2) is 17.5 Å². The van der Waals surface area contributed by atoms with Crippen molar-refractivity contribution in [3.05, 3.63) is 12.4 Å². The summed E-state index contributed by atoms with van der Waals surface area (Å²) >= 11 is 0. The van der Waals surface area contributed by atoms with Crippen molar-refractivity contribution in [3.63, 3.8) is 0 Å². The molecule has 1 unspecified atom stereocenters. The molecule has 0 aromatic carbocycles. The first-order chi connectivity index (χ1) is 5.90. The van der Waals surface area contributed by atoms with Gasteiger partial charge in [0, 0.05) is 6.20 Å². The molecule has 0 aliphatic carbocycles. The van der Waals surface area contributed by atoms with Crippen molar-refractivity contribution in [1.29, 1.82) is 0 Å². The lowest BCUT2D eigenvalue weighted by atomic mass is 10.3. The van der Waals surface area contributed by atoms with Crippen LogP contribution in [0.5, 0.6) is 0 Å². The van der Waals surface area contributed by atoms with Crippen molar-refractivity contribution in [3.8, 4) is 0 Å². The monoisotopic (exact) mass is 168 g/mol. The zero-order valence-corrected chi connectivity index (χ0v) is 6.29. The van der Waals surface area contributed by atoms with Crippen LogP contribution >= 0.6 is 0 Å². The molecule has 0 saturated heterocycles. The Morgan fingerprint density at radius 2 is 2.67 bits per heavy atom. The molecular weight excluding hydrogens is 160 g/mol. The van der Waals surface area contributed by atoms with Gasteiger partial charge in [-0.2, -0.15) is 0 Å². The predicted molar refractivity (Wildman–Crippen MR) is 39.3 cm³/mol. The van der Waals surface area contributed by atoms with E-state index < -0.39 is 0 Å². The van der Waals surface area contributed by atoms with Gasteiger partial charge < -0.3 is 9.94 Å². The molecule has 0 saturated carbocycles. The molecule has 6 heteroatoms. The SMILES string of the molecule is OCC1=NOC(n2ccnn2)C1. The van der Waals surface area contributed by atoms with Gasteiger partial charge in [-0.1, -0.05) is 10.4 Å². The quantitative estimate of drug-likeness (QED) is 0.648. The predicted octanol–water partition coefficient (Wildman–Crippen LogP) is -0.455. The van der Waals surface area contributed by atoms with Gasteiger partial charge in [0.15, 0.2) is 0 Å². The molecule has 1 N–H and O–H groups in total. The van der Waals surface area contributed by atoms with Crippen LogP contribution in [0.3, 0.4) is 0 Å². The second kappa shape index (κ2) is 2.90. The minimum atomic E-state index is -0.241. The standard InChI is InChI=1S/C6H8N4O2/c11-4-5-3-6(12-8-5)10-2-1-7-9-10/h1-2,6,11H,3-4H2. The van der Waals surface area contributed by atoms with Crippen molar-refractivity contribution in [1.82, 2.24) is 15.0 Å². The van der Waals surface area contributed by atoms with E-state index in [-0.39, 0.29) is 12.8 Å². The van der Waals surface area contributed by atoms with Gasteiger partial charge >= 0.3 is 0 Å². The summed E-state index contributed by atoms with van der Waals surface area (Å²) in [7, 11) is 0. The summed E-state index contributed by atoms with van der Waals surface area (Å²) in [5.41, 5.74) is 0.635. The maximum Gasteiger partial charge on any atom is 0.225 e. The minimum Gasteiger partial charge on any atom is -0.390 e. The summed E-state index contributed by atoms with van der Waals surface area (Å²) in [6.07, 6.45) is 3.59. The van der Waals surface area contributed by atoms with Gasteiger partial charge in [-0.25, -0.2) is 4.68 Å². The number of aliphatic hydroxyl groups excluding tert-OH is 1. The van der Waals surface area contributed by atoms with Gasteiger partial charge in [-0.3, -0.25) is 0 Å². The molecular formula is C6H8N4O2. The Balaban J connectivity index is 2.04. The number of oxime groups is 1. The van der Waals surface area contributed by atoms with Gasteiger partial charge in [0.25, 0.3) is 0 Å². The minimum absolute atomic E-state index is 0.0643. The normalized spacial score (nSPS) is 22.1. The highest BCUT2D eigenvalue weighted by atomic mass is 16.7. The summed E-state index contributed by atoms with van der Waals surface area (Å²) in [6.45, 7) is -0.0643. The fourth-order valence-electron chi connectivity index (χ4n) is 1.02. The van der Waals surface area contributed by atoms with Crippen LogP contribution in [-0.2, 0) is 4.84 Å². The van der Waals surface area contributed by atoms with E-state index in [1.807, 2.05) is 0 Å². The third kappa shape index (κ3) is 1.16. The zero-order chi connectivity index (χ0) is 8.39. The molecule has 0 bridgehead atoms. The lowest BCUT2D eigenvalue weighted by Gasteiger charge is -2.05. The Kier molecular flexibility index (Phi) is 1.75. The van der Waals surface area contributed by atoms with E-state index in [1.165, 1.54) is 0 Å². The Bertz CT molecular complexity index is 282. The van der Waals surface area contributed by atoms with Crippen LogP contribution in [0, 0.1) is 0 Å². The average molecular weight is 168 g/mol. The Labute approximate surface area is 68.4 Å². The second-order valence-electron chi connectivity index (χ2n) is 2.46. The summed E-state index contributed by atoms with van der Waals surface area (Å²) in [6, 6.07) is 0. The number of aromatic nitrogens is 3.